The molecule has 2 N–H and O–H groups in total. The minimum Gasteiger partial charge on any atom is -0.238 e. The Kier molecular flexibility index (Phi) is 9.27. The van der Waals surface area contributed by atoms with Crippen molar-refractivity contribution in [3.8, 4) is 0 Å². The molecular formula is C22H34N2O3S2. The van der Waals surface area contributed by atoms with Crippen LogP contribution in [0.2, 0.25) is 0 Å². The van der Waals surface area contributed by atoms with Crippen molar-refractivity contribution >= 4 is 26.6 Å². The first-order valence-electron chi connectivity index (χ1n) is 10.3. The molecule has 7 heteroatoms. The summed E-state index contributed by atoms with van der Waals surface area (Å²) in [6.07, 6.45) is 6.22. The summed E-state index contributed by atoms with van der Waals surface area (Å²) in [5, 5.41) is 1.00. The van der Waals surface area contributed by atoms with Crippen LogP contribution >= 0.6 is 0 Å². The van der Waals surface area contributed by atoms with E-state index in [4.69, 9.17) is 0 Å². The van der Waals surface area contributed by atoms with Gasteiger partial charge in [0.1, 0.15) is 11.0 Å². The molecule has 0 fully saturated rings. The van der Waals surface area contributed by atoms with E-state index in [0.29, 0.717) is 24.9 Å². The summed E-state index contributed by atoms with van der Waals surface area (Å²) < 4.78 is 40.9. The lowest BCUT2D eigenvalue weighted by Gasteiger charge is -2.28. The fourth-order valence-electron chi connectivity index (χ4n) is 3.45. The zero-order valence-electron chi connectivity index (χ0n) is 17.7. The van der Waals surface area contributed by atoms with Gasteiger partial charge in [-0.2, -0.15) is 0 Å². The number of nitrogens with one attached hydrogen (secondary N) is 2. The molecule has 0 aliphatic heterocycles. The highest BCUT2D eigenvalue weighted by Gasteiger charge is 2.23. The number of hydrogen-bond donors (Lipinski definition) is 2. The highest BCUT2D eigenvalue weighted by Crippen LogP contribution is 2.34. The van der Waals surface area contributed by atoms with E-state index in [9.17, 15) is 12.6 Å². The van der Waals surface area contributed by atoms with Crippen LogP contribution in [-0.2, 0) is 27.4 Å². The van der Waals surface area contributed by atoms with E-state index < -0.39 is 26.3 Å². The first-order chi connectivity index (χ1) is 13.7. The van der Waals surface area contributed by atoms with Crippen molar-refractivity contribution in [3.63, 3.8) is 0 Å². The number of rotatable bonds is 11. The van der Waals surface area contributed by atoms with E-state index in [1.54, 1.807) is 13.8 Å². The summed E-state index contributed by atoms with van der Waals surface area (Å²) in [6, 6.07) is 8.58. The van der Waals surface area contributed by atoms with Crippen LogP contribution in [0.25, 0.3) is 5.57 Å². The Morgan fingerprint density at radius 1 is 1.24 bits per heavy atom. The van der Waals surface area contributed by atoms with Crippen LogP contribution in [0.3, 0.4) is 0 Å². The molecule has 1 aromatic rings. The van der Waals surface area contributed by atoms with Gasteiger partial charge in [0.05, 0.1) is 5.25 Å². The van der Waals surface area contributed by atoms with Crippen LogP contribution in [0.4, 0.5) is 0 Å². The lowest BCUT2D eigenvalue weighted by atomic mass is 9.80. The van der Waals surface area contributed by atoms with Gasteiger partial charge in [0, 0.05) is 18.5 Å². The lowest BCUT2D eigenvalue weighted by Crippen LogP contribution is -2.36. The van der Waals surface area contributed by atoms with Crippen LogP contribution in [0.1, 0.15) is 51.2 Å². The quantitative estimate of drug-likeness (QED) is 0.552. The third kappa shape index (κ3) is 7.48. The van der Waals surface area contributed by atoms with Gasteiger partial charge in [-0.25, -0.2) is 22.1 Å². The molecule has 162 valence electrons. The molecular weight excluding hydrogens is 404 g/mol. The van der Waals surface area contributed by atoms with Crippen LogP contribution in [0, 0.1) is 11.8 Å². The van der Waals surface area contributed by atoms with E-state index in [0.717, 1.165) is 25.7 Å². The van der Waals surface area contributed by atoms with Crippen molar-refractivity contribution in [2.24, 2.45) is 11.8 Å². The summed E-state index contributed by atoms with van der Waals surface area (Å²) in [6.45, 7) is 10.2. The van der Waals surface area contributed by atoms with E-state index >= 15 is 0 Å². The second-order valence-corrected chi connectivity index (χ2v) is 11.5. The van der Waals surface area contributed by atoms with Crippen molar-refractivity contribution in [2.75, 3.05) is 13.1 Å². The van der Waals surface area contributed by atoms with Crippen molar-refractivity contribution in [1.29, 1.82) is 0 Å². The van der Waals surface area contributed by atoms with Gasteiger partial charge in [-0.05, 0) is 68.1 Å². The fourth-order valence-corrected chi connectivity index (χ4v) is 4.70. The molecule has 0 saturated carbocycles. The maximum atomic E-state index is 12.0. The minimum atomic E-state index is -3.19. The fraction of sp³-hybridized carbons (Fsp3) is 0.545. The van der Waals surface area contributed by atoms with Gasteiger partial charge in [0.2, 0.25) is 10.0 Å². The first kappa shape index (κ1) is 24.0. The molecule has 0 saturated heterocycles. The van der Waals surface area contributed by atoms with E-state index in [2.05, 4.69) is 53.3 Å². The average molecular weight is 439 g/mol. The molecule has 29 heavy (non-hydrogen) atoms. The number of sulfonamides is 1. The number of allylic oxidation sites excluding steroid dienone is 2. The Morgan fingerprint density at radius 3 is 2.48 bits per heavy atom. The molecule has 0 aromatic heterocycles. The Balaban J connectivity index is 1.85. The molecule has 0 bridgehead atoms. The zero-order valence-corrected chi connectivity index (χ0v) is 19.3. The van der Waals surface area contributed by atoms with Gasteiger partial charge in [-0.1, -0.05) is 43.8 Å². The predicted octanol–water partition coefficient (Wildman–Crippen LogP) is 3.77. The number of benzene rings is 1. The van der Waals surface area contributed by atoms with Gasteiger partial charge in [-0.15, -0.1) is 0 Å². The van der Waals surface area contributed by atoms with Crippen molar-refractivity contribution in [2.45, 2.75) is 51.7 Å². The van der Waals surface area contributed by atoms with E-state index in [1.165, 1.54) is 22.1 Å². The maximum Gasteiger partial charge on any atom is 0.213 e. The summed E-state index contributed by atoms with van der Waals surface area (Å²) in [5.74, 6) is 0.821. The van der Waals surface area contributed by atoms with Gasteiger partial charge >= 0.3 is 0 Å². The molecule has 0 amide bonds. The molecule has 5 nitrogen and oxygen atoms in total. The van der Waals surface area contributed by atoms with Crippen molar-refractivity contribution in [3.05, 3.63) is 53.5 Å². The molecule has 0 radical (unpaired) electrons. The Morgan fingerprint density at radius 2 is 1.93 bits per heavy atom. The Labute approximate surface area is 178 Å². The van der Waals surface area contributed by atoms with Crippen LogP contribution < -0.4 is 9.44 Å². The molecule has 2 rings (SSSR count). The second kappa shape index (κ2) is 11.2. The van der Waals surface area contributed by atoms with Crippen LogP contribution in [0.15, 0.2) is 42.3 Å². The highest BCUT2D eigenvalue weighted by molar-refractivity contribution is 7.90. The van der Waals surface area contributed by atoms with Crippen molar-refractivity contribution in [1.82, 2.24) is 9.44 Å². The molecule has 0 heterocycles. The van der Waals surface area contributed by atoms with Gasteiger partial charge in [0.25, 0.3) is 0 Å². The molecule has 1 aliphatic carbocycles. The summed E-state index contributed by atoms with van der Waals surface area (Å²) in [5.41, 5.74) is 3.83. The summed E-state index contributed by atoms with van der Waals surface area (Å²) in [4.78, 5) is 0. The minimum absolute atomic E-state index is 0.317. The molecule has 0 spiro atoms. The topological polar surface area (TPSA) is 75.3 Å². The molecule has 1 aromatic carbocycles. The molecule has 3 atom stereocenters. The van der Waals surface area contributed by atoms with Crippen molar-refractivity contribution < 1.29 is 12.6 Å². The Bertz CT molecular complexity index is 830. The normalized spacial score (nSPS) is 19.6. The van der Waals surface area contributed by atoms with E-state index in [1.807, 2.05) is 0 Å². The summed E-state index contributed by atoms with van der Waals surface area (Å²) >= 11 is 0. The molecule has 3 unspecified atom stereocenters. The van der Waals surface area contributed by atoms with Crippen LogP contribution in [-0.4, -0.2) is 31.0 Å². The van der Waals surface area contributed by atoms with Gasteiger partial charge in [-0.3, -0.25) is 0 Å². The van der Waals surface area contributed by atoms with Gasteiger partial charge in [0.15, 0.2) is 0 Å². The third-order valence-electron chi connectivity index (χ3n) is 5.62. The number of hydrogen-bond acceptors (Lipinski definition) is 3. The highest BCUT2D eigenvalue weighted by atomic mass is 32.2. The van der Waals surface area contributed by atoms with Gasteiger partial charge < -0.3 is 0 Å². The molecule has 1 aliphatic rings. The smallest absolute Gasteiger partial charge is 0.213 e. The predicted molar refractivity (Wildman–Crippen MR) is 123 cm³/mol. The summed E-state index contributed by atoms with van der Waals surface area (Å²) in [7, 11) is -4.35. The SMILES string of the molecule is C=CS(=O)NCCc1ccc(C2=CCC(C(C)CNS(=O)(=O)C(C)C)CC2)cc1. The largest absolute Gasteiger partial charge is 0.238 e. The monoisotopic (exact) mass is 438 g/mol. The average Bonchev–Trinajstić information content (AvgIpc) is 2.72. The maximum absolute atomic E-state index is 12.0. The second-order valence-electron chi connectivity index (χ2n) is 7.99. The van der Waals surface area contributed by atoms with E-state index in [-0.39, 0.29) is 0 Å². The van der Waals surface area contributed by atoms with Crippen LogP contribution in [0.5, 0.6) is 0 Å². The third-order valence-corrected chi connectivity index (χ3v) is 8.22. The first-order valence-corrected chi connectivity index (χ1v) is 13.0. The Hall–Kier alpha value is -1.28. The zero-order chi connectivity index (χ0) is 21.4. The lowest BCUT2D eigenvalue weighted by molar-refractivity contribution is 0.334. The standard InChI is InChI=1S/C22H34N2O3S2/c1-5-28(25)23-15-14-19-6-8-21(9-7-19)22-12-10-20(11-13-22)18(4)16-24-29(26,27)17(2)3/h5-9,12,17-18,20,23-24H,1,10-11,13-16H2,2-4H3.